The number of nitrogens with one attached hydrogen (secondary N) is 2. The number of carboxylic acids is 1. The molecule has 0 bridgehead atoms. The molecule has 0 aromatic heterocycles. The standard InChI is InChI=1S/C31H50N4O13/c1-4-18-19(8-7-17-13-35(10-12-37)14-20(27(41)42)23(17)34-31(32)33-9-6-11-36)21(28(43)44-3)16-46-29(18)48-30-26(45-5-2)25(40)24(39)22(15-38)47-30/h4,7-8,16-20,22-26,29-30,36-40H,1,5-6,9-15H2,2-3H3,(H,41,42)(H3,32,33,34)/t17?,18-,19+,20?,22-,23?,24-,25+,26+,29-,30+/m1/s1. The van der Waals surface area contributed by atoms with Crippen LogP contribution in [0, 0.1) is 23.7 Å². The highest BCUT2D eigenvalue weighted by Crippen LogP contribution is 2.37. The largest absolute Gasteiger partial charge is 0.550 e. The van der Waals surface area contributed by atoms with Crippen LogP contribution in [0.15, 0.2) is 41.6 Å². The first-order valence-electron chi connectivity index (χ1n) is 16.0. The fourth-order valence-corrected chi connectivity index (χ4v) is 6.29. The number of methoxy groups -OCH3 is 1. The van der Waals surface area contributed by atoms with E-state index in [1.165, 1.54) is 19.4 Å². The number of likely N-dealkylation sites (tertiary alicyclic amines) is 1. The summed E-state index contributed by atoms with van der Waals surface area (Å²) in [5.74, 6) is -5.13. The van der Waals surface area contributed by atoms with Gasteiger partial charge < -0.3 is 75.1 Å². The molecule has 3 rings (SSSR count). The Labute approximate surface area is 279 Å². The molecule has 0 saturated carbocycles. The number of guanidine groups is 1. The van der Waals surface area contributed by atoms with Crippen molar-refractivity contribution < 1.29 is 68.8 Å². The van der Waals surface area contributed by atoms with E-state index >= 15 is 0 Å². The molecule has 0 aliphatic carbocycles. The van der Waals surface area contributed by atoms with Gasteiger partial charge in [-0.1, -0.05) is 18.2 Å². The summed E-state index contributed by atoms with van der Waals surface area (Å²) < 4.78 is 28.3. The summed E-state index contributed by atoms with van der Waals surface area (Å²) in [6.07, 6.45) is -1.22. The quantitative estimate of drug-likeness (QED) is 0.0248. The van der Waals surface area contributed by atoms with Crippen LogP contribution < -0.4 is 21.1 Å². The number of esters is 1. The number of aliphatic hydroxyl groups is 5. The highest BCUT2D eigenvalue weighted by atomic mass is 16.8. The van der Waals surface area contributed by atoms with E-state index in [-0.39, 0.29) is 51.0 Å². The second kappa shape index (κ2) is 19.2. The second-order valence-electron chi connectivity index (χ2n) is 11.8. The number of aliphatic hydroxyl groups excluding tert-OH is 5. The molecule has 17 heteroatoms. The number of hydrogen-bond acceptors (Lipinski definition) is 14. The highest BCUT2D eigenvalue weighted by Gasteiger charge is 2.49. The molecule has 0 aromatic rings. The third-order valence-corrected chi connectivity index (χ3v) is 8.74. The maximum atomic E-state index is 12.9. The van der Waals surface area contributed by atoms with Crippen molar-refractivity contribution >= 4 is 17.9 Å². The molecule has 9 N–H and O–H groups in total. The minimum atomic E-state index is -1.46. The number of quaternary nitrogens is 1. The van der Waals surface area contributed by atoms with Gasteiger partial charge in [0.15, 0.2) is 12.2 Å². The molecule has 2 saturated heterocycles. The van der Waals surface area contributed by atoms with Gasteiger partial charge in [0.2, 0.25) is 6.29 Å². The zero-order chi connectivity index (χ0) is 35.4. The number of piperidine rings is 1. The second-order valence-corrected chi connectivity index (χ2v) is 11.8. The number of ether oxygens (including phenoxy) is 5. The van der Waals surface area contributed by atoms with Crippen molar-refractivity contribution in [3.63, 3.8) is 0 Å². The van der Waals surface area contributed by atoms with Crippen molar-refractivity contribution in [3.8, 4) is 0 Å². The van der Waals surface area contributed by atoms with E-state index in [1.807, 2.05) is 0 Å². The fraction of sp³-hybridized carbons (Fsp3) is 0.710. The number of allylic oxidation sites excluding steroid dienone is 1. The Bertz CT molecular complexity index is 1150. The number of aliphatic carboxylic acids is 1. The minimum absolute atomic E-state index is 0.00724. The van der Waals surface area contributed by atoms with E-state index < -0.39 is 85.3 Å². The van der Waals surface area contributed by atoms with Crippen LogP contribution in [0.25, 0.3) is 0 Å². The number of hydrogen-bond donors (Lipinski definition) is 8. The molecule has 48 heavy (non-hydrogen) atoms. The van der Waals surface area contributed by atoms with E-state index in [9.17, 15) is 35.1 Å². The normalized spacial score (nSPS) is 35.8. The molecule has 0 radical (unpaired) electrons. The summed E-state index contributed by atoms with van der Waals surface area (Å²) in [5, 5.41) is 64.8. The van der Waals surface area contributed by atoms with Gasteiger partial charge in [0.25, 0.3) is 0 Å². The lowest BCUT2D eigenvalue weighted by molar-refractivity contribution is -0.911. The summed E-state index contributed by atoms with van der Waals surface area (Å²) in [5.41, 5.74) is 6.19. The number of nitrogens with zero attached hydrogens (tertiary/aromatic N) is 1. The maximum absolute atomic E-state index is 12.9. The molecule has 0 spiro atoms. The molecule has 272 valence electrons. The first-order valence-corrected chi connectivity index (χ1v) is 16.0. The lowest BCUT2D eigenvalue weighted by atomic mass is 9.79. The molecular weight excluding hydrogens is 636 g/mol. The number of nitrogens with two attached hydrogens (primary N) is 1. The third-order valence-electron chi connectivity index (χ3n) is 8.74. The van der Waals surface area contributed by atoms with Crippen LogP contribution in [0.2, 0.25) is 0 Å². The summed E-state index contributed by atoms with van der Waals surface area (Å²) in [6, 6.07) is -0.780. The zero-order valence-electron chi connectivity index (χ0n) is 27.3. The Morgan fingerprint density at radius 1 is 1.19 bits per heavy atom. The molecule has 0 amide bonds. The summed E-state index contributed by atoms with van der Waals surface area (Å²) >= 11 is 0. The van der Waals surface area contributed by atoms with E-state index in [4.69, 9.17) is 34.5 Å². The Morgan fingerprint density at radius 3 is 2.54 bits per heavy atom. The molecule has 4 unspecified atom stereocenters. The molecule has 3 aliphatic rings. The third kappa shape index (κ3) is 9.73. The SMILES string of the molecule is C=C[C@H]1[C@@H](O[C@@H]2O[C@H](CO)[C@@H](O)[C@H](O)[C@@H]2OCC)OC=C(C(=O)OC)[C@H]1C=CC1C[NH+](CCO)CC(C(=O)[O-])C1NC(N)=NCCCO. The Kier molecular flexibility index (Phi) is 15.7. The van der Waals surface area contributed by atoms with Crippen molar-refractivity contribution in [2.45, 2.75) is 56.4 Å². The first-order chi connectivity index (χ1) is 23.0. The van der Waals surface area contributed by atoms with Gasteiger partial charge in [0.05, 0.1) is 69.1 Å². The number of carboxylic acid groups (broad SMARTS) is 1. The average Bonchev–Trinajstić information content (AvgIpc) is 3.07. The monoisotopic (exact) mass is 686 g/mol. The highest BCUT2D eigenvalue weighted by molar-refractivity contribution is 5.89. The van der Waals surface area contributed by atoms with Gasteiger partial charge in [-0.3, -0.25) is 4.99 Å². The summed E-state index contributed by atoms with van der Waals surface area (Å²) in [7, 11) is 1.21. The van der Waals surface area contributed by atoms with Crippen LogP contribution in [0.1, 0.15) is 13.3 Å². The van der Waals surface area contributed by atoms with Crippen LogP contribution in [0.5, 0.6) is 0 Å². The van der Waals surface area contributed by atoms with Crippen LogP contribution in [-0.2, 0) is 33.3 Å². The van der Waals surface area contributed by atoms with E-state index in [2.05, 4.69) is 16.9 Å². The van der Waals surface area contributed by atoms with Crippen molar-refractivity contribution in [3.05, 3.63) is 36.6 Å². The van der Waals surface area contributed by atoms with Crippen molar-refractivity contribution in [2.75, 3.05) is 59.7 Å². The van der Waals surface area contributed by atoms with Gasteiger partial charge in [-0.2, -0.15) is 0 Å². The maximum Gasteiger partial charge on any atom is 0.337 e. The summed E-state index contributed by atoms with van der Waals surface area (Å²) in [4.78, 5) is 30.2. The Morgan fingerprint density at radius 2 is 1.94 bits per heavy atom. The van der Waals surface area contributed by atoms with Gasteiger partial charge in [-0.15, -0.1) is 6.58 Å². The average molecular weight is 687 g/mol. The van der Waals surface area contributed by atoms with E-state index in [1.54, 1.807) is 19.1 Å². The summed E-state index contributed by atoms with van der Waals surface area (Å²) in [6.45, 7) is 5.92. The smallest absolute Gasteiger partial charge is 0.337 e. The fourth-order valence-electron chi connectivity index (χ4n) is 6.29. The lowest BCUT2D eigenvalue weighted by Gasteiger charge is -2.44. The lowest BCUT2D eigenvalue weighted by Crippen LogP contribution is -3.16. The topological polar surface area (TPSA) is 259 Å². The number of carbonyl (C=O) groups excluding carboxylic acids is 2. The van der Waals surface area contributed by atoms with Crippen LogP contribution in [0.3, 0.4) is 0 Å². The predicted octanol–water partition coefficient (Wildman–Crippen LogP) is -5.24. The van der Waals surface area contributed by atoms with Gasteiger partial charge in [0, 0.05) is 31.6 Å². The first kappa shape index (κ1) is 39.3. The number of aliphatic imine (C=N–C) groups is 1. The molecule has 17 nitrogen and oxygen atoms in total. The number of carbonyl (C=O) groups is 2. The van der Waals surface area contributed by atoms with E-state index in [0.717, 1.165) is 4.90 Å². The Hall–Kier alpha value is -3.13. The van der Waals surface area contributed by atoms with Crippen LogP contribution in [0.4, 0.5) is 0 Å². The van der Waals surface area contributed by atoms with Gasteiger partial charge >= 0.3 is 5.97 Å². The van der Waals surface area contributed by atoms with E-state index in [0.29, 0.717) is 13.0 Å². The molecule has 3 aliphatic heterocycles. The molecule has 0 aromatic carbocycles. The van der Waals surface area contributed by atoms with Crippen LogP contribution >= 0.6 is 0 Å². The van der Waals surface area contributed by atoms with Gasteiger partial charge in [-0.25, -0.2) is 4.79 Å². The van der Waals surface area contributed by atoms with Crippen LogP contribution in [-0.4, -0.2) is 146 Å². The zero-order valence-corrected chi connectivity index (χ0v) is 27.3. The number of rotatable bonds is 16. The molecular formula is C31H50N4O13. The van der Waals surface area contributed by atoms with Crippen molar-refractivity contribution in [2.24, 2.45) is 34.4 Å². The Balaban J connectivity index is 1.97. The van der Waals surface area contributed by atoms with Crippen molar-refractivity contribution in [1.29, 1.82) is 0 Å². The molecule has 12 atom stereocenters. The minimum Gasteiger partial charge on any atom is -0.550 e. The van der Waals surface area contributed by atoms with Crippen molar-refractivity contribution in [1.82, 2.24) is 5.32 Å². The van der Waals surface area contributed by atoms with Gasteiger partial charge in [-0.05, 0) is 13.3 Å². The molecule has 2 fully saturated rings. The molecule has 3 heterocycles. The predicted molar refractivity (Wildman–Crippen MR) is 165 cm³/mol. The van der Waals surface area contributed by atoms with Gasteiger partial charge in [0.1, 0.15) is 31.0 Å².